The average molecular weight is 491 g/mol. The highest BCUT2D eigenvalue weighted by Crippen LogP contribution is 2.50. The standard InChI is InChI=1S/C24H26ClNO4S2/c1-13(2)19-11-17(32(4,29)30)12-20-21(19)23(31-16-7-5-15(25)6-8-16)22-18(9-10-26(20)22)14(3)24(27)28/h5-8,11-14,18H,9-10H2,1-4H3,(H,27,28)/p-1. The largest absolute Gasteiger partial charge is 0.550 e. The van der Waals surface area contributed by atoms with Gasteiger partial charge in [-0.05, 0) is 54.3 Å². The fraction of sp³-hybridized carbons (Fsp3) is 0.375. The second kappa shape index (κ2) is 8.43. The molecule has 4 rings (SSSR count). The number of carbonyl (C=O) groups is 1. The van der Waals surface area contributed by atoms with Gasteiger partial charge in [0.25, 0.3) is 0 Å². The minimum atomic E-state index is -3.40. The molecule has 2 unspecified atom stereocenters. The summed E-state index contributed by atoms with van der Waals surface area (Å²) in [6.45, 7) is 6.42. The Bertz CT molecular complexity index is 1310. The molecule has 0 N–H and O–H groups in total. The lowest BCUT2D eigenvalue weighted by Crippen LogP contribution is -2.32. The maximum atomic E-state index is 12.4. The number of halogens is 1. The van der Waals surface area contributed by atoms with Crippen molar-refractivity contribution < 1.29 is 18.3 Å². The summed E-state index contributed by atoms with van der Waals surface area (Å²) in [6, 6.07) is 11.0. The molecule has 0 amide bonds. The number of aromatic nitrogens is 1. The van der Waals surface area contributed by atoms with E-state index in [1.165, 1.54) is 6.26 Å². The van der Waals surface area contributed by atoms with Gasteiger partial charge in [-0.25, -0.2) is 8.42 Å². The summed E-state index contributed by atoms with van der Waals surface area (Å²) in [5, 5.41) is 13.4. The van der Waals surface area contributed by atoms with Crippen molar-refractivity contribution in [3.05, 3.63) is 52.7 Å². The van der Waals surface area contributed by atoms with Crippen molar-refractivity contribution in [2.24, 2.45) is 5.92 Å². The van der Waals surface area contributed by atoms with E-state index in [4.69, 9.17) is 11.6 Å². The van der Waals surface area contributed by atoms with Gasteiger partial charge in [-0.1, -0.05) is 44.1 Å². The van der Waals surface area contributed by atoms with Crippen LogP contribution in [0, 0.1) is 5.92 Å². The molecule has 3 aromatic rings. The summed E-state index contributed by atoms with van der Waals surface area (Å²) in [7, 11) is -3.40. The summed E-state index contributed by atoms with van der Waals surface area (Å²) in [5.74, 6) is -1.84. The molecule has 0 saturated carbocycles. The van der Waals surface area contributed by atoms with E-state index in [9.17, 15) is 18.3 Å². The van der Waals surface area contributed by atoms with Gasteiger partial charge in [0.1, 0.15) is 0 Å². The zero-order valence-electron chi connectivity index (χ0n) is 18.4. The van der Waals surface area contributed by atoms with E-state index in [1.807, 2.05) is 38.1 Å². The Balaban J connectivity index is 2.05. The lowest BCUT2D eigenvalue weighted by Gasteiger charge is -2.21. The summed E-state index contributed by atoms with van der Waals surface area (Å²) in [6.07, 6.45) is 1.89. The number of sulfone groups is 1. The Morgan fingerprint density at radius 2 is 1.84 bits per heavy atom. The van der Waals surface area contributed by atoms with E-state index in [0.29, 0.717) is 18.0 Å². The predicted molar refractivity (Wildman–Crippen MR) is 126 cm³/mol. The van der Waals surface area contributed by atoms with Crippen molar-refractivity contribution in [2.75, 3.05) is 6.26 Å². The van der Waals surface area contributed by atoms with Gasteiger partial charge in [-0.3, -0.25) is 0 Å². The topological polar surface area (TPSA) is 79.2 Å². The quantitative estimate of drug-likeness (QED) is 0.493. The molecule has 2 atom stereocenters. The number of rotatable bonds is 6. The lowest BCUT2D eigenvalue weighted by atomic mass is 9.89. The summed E-state index contributed by atoms with van der Waals surface area (Å²) in [5.41, 5.74) is 2.74. The Morgan fingerprint density at radius 3 is 2.41 bits per heavy atom. The number of fused-ring (bicyclic) bond motifs is 3. The molecule has 0 aliphatic carbocycles. The van der Waals surface area contributed by atoms with Crippen molar-refractivity contribution in [3.8, 4) is 0 Å². The molecular weight excluding hydrogens is 466 g/mol. The van der Waals surface area contributed by atoms with Crippen LogP contribution < -0.4 is 5.11 Å². The van der Waals surface area contributed by atoms with E-state index >= 15 is 0 Å². The van der Waals surface area contributed by atoms with Crippen LogP contribution in [0.2, 0.25) is 5.02 Å². The second-order valence-corrected chi connectivity index (χ2v) is 12.3. The van der Waals surface area contributed by atoms with E-state index in [0.717, 1.165) is 32.0 Å². The number of hydrogen-bond acceptors (Lipinski definition) is 5. The van der Waals surface area contributed by atoms with Crippen LogP contribution in [0.5, 0.6) is 0 Å². The van der Waals surface area contributed by atoms with Gasteiger partial charge >= 0.3 is 0 Å². The first-order chi connectivity index (χ1) is 15.0. The number of carboxylic acids is 1. The molecule has 0 radical (unpaired) electrons. The molecule has 8 heteroatoms. The lowest BCUT2D eigenvalue weighted by molar-refractivity contribution is -0.311. The van der Waals surface area contributed by atoms with Crippen LogP contribution in [0.15, 0.2) is 51.1 Å². The van der Waals surface area contributed by atoms with Gasteiger partial charge < -0.3 is 14.5 Å². The Hall–Kier alpha value is -1.96. The Kier molecular flexibility index (Phi) is 6.11. The maximum Gasteiger partial charge on any atom is 0.175 e. The minimum absolute atomic E-state index is 0.0870. The molecule has 1 aromatic heterocycles. The molecule has 1 aliphatic rings. The Labute approximate surface area is 197 Å². The van der Waals surface area contributed by atoms with E-state index < -0.39 is 21.7 Å². The van der Waals surface area contributed by atoms with Crippen LogP contribution in [0.4, 0.5) is 0 Å². The van der Waals surface area contributed by atoms with Crippen LogP contribution in [-0.2, 0) is 21.2 Å². The fourth-order valence-corrected chi connectivity index (χ4v) is 6.51. The van der Waals surface area contributed by atoms with E-state index in [2.05, 4.69) is 4.57 Å². The molecule has 0 bridgehead atoms. The normalized spacial score (nSPS) is 17.1. The average Bonchev–Trinajstić information content (AvgIpc) is 3.27. The monoisotopic (exact) mass is 490 g/mol. The first kappa shape index (κ1) is 23.2. The Morgan fingerprint density at radius 1 is 1.19 bits per heavy atom. The van der Waals surface area contributed by atoms with Crippen LogP contribution in [-0.4, -0.2) is 25.2 Å². The fourth-order valence-electron chi connectivity index (χ4n) is 4.52. The van der Waals surface area contributed by atoms with Crippen LogP contribution in [0.25, 0.3) is 10.9 Å². The molecule has 0 saturated heterocycles. The molecule has 0 fully saturated rings. The number of aryl methyl sites for hydroxylation is 1. The third-order valence-corrected chi connectivity index (χ3v) is 8.71. The summed E-state index contributed by atoms with van der Waals surface area (Å²) < 4.78 is 27.0. The van der Waals surface area contributed by atoms with E-state index in [-0.39, 0.29) is 16.7 Å². The molecule has 32 heavy (non-hydrogen) atoms. The van der Waals surface area contributed by atoms with Gasteiger partial charge in [-0.2, -0.15) is 0 Å². The highest BCUT2D eigenvalue weighted by Gasteiger charge is 2.35. The van der Waals surface area contributed by atoms with Crippen molar-refractivity contribution in [1.29, 1.82) is 0 Å². The number of nitrogens with zero attached hydrogens (tertiary/aromatic N) is 1. The SMILES string of the molecule is CC(C)c1cc(S(C)(=O)=O)cc2c1c(Sc1ccc(Cl)cc1)c1n2CCC1C(C)C(=O)[O-]. The number of carbonyl (C=O) groups excluding carboxylic acids is 1. The molecule has 0 spiro atoms. The highest BCUT2D eigenvalue weighted by atomic mass is 35.5. The van der Waals surface area contributed by atoms with Crippen molar-refractivity contribution in [1.82, 2.24) is 4.57 Å². The van der Waals surface area contributed by atoms with Gasteiger partial charge in [0, 0.05) is 56.5 Å². The van der Waals surface area contributed by atoms with Gasteiger partial charge in [-0.15, -0.1) is 0 Å². The zero-order chi connectivity index (χ0) is 23.4. The molecule has 2 heterocycles. The molecule has 2 aromatic carbocycles. The van der Waals surface area contributed by atoms with Crippen molar-refractivity contribution in [3.63, 3.8) is 0 Å². The number of benzene rings is 2. The molecule has 170 valence electrons. The maximum absolute atomic E-state index is 12.4. The van der Waals surface area contributed by atoms with Crippen LogP contribution in [0.3, 0.4) is 0 Å². The predicted octanol–water partition coefficient (Wildman–Crippen LogP) is 4.85. The third-order valence-electron chi connectivity index (χ3n) is 6.24. The number of hydrogen-bond donors (Lipinski definition) is 0. The minimum Gasteiger partial charge on any atom is -0.550 e. The molecular formula is C24H25ClNO4S2-. The van der Waals surface area contributed by atoms with Gasteiger partial charge in [0.15, 0.2) is 9.84 Å². The van der Waals surface area contributed by atoms with Crippen molar-refractivity contribution in [2.45, 2.75) is 60.3 Å². The number of carboxylic acid groups (broad SMARTS) is 1. The first-order valence-corrected chi connectivity index (χ1v) is 13.6. The highest BCUT2D eigenvalue weighted by molar-refractivity contribution is 7.99. The summed E-state index contributed by atoms with van der Waals surface area (Å²) >= 11 is 7.64. The second-order valence-electron chi connectivity index (χ2n) is 8.76. The molecule has 1 aliphatic heterocycles. The molecule has 5 nitrogen and oxygen atoms in total. The van der Waals surface area contributed by atoms with Gasteiger partial charge in [0.2, 0.25) is 0 Å². The third kappa shape index (κ3) is 4.06. The first-order valence-electron chi connectivity index (χ1n) is 10.5. The number of aliphatic carboxylic acids is 1. The summed E-state index contributed by atoms with van der Waals surface area (Å²) in [4.78, 5) is 14.0. The smallest absolute Gasteiger partial charge is 0.175 e. The zero-order valence-corrected chi connectivity index (χ0v) is 20.8. The van der Waals surface area contributed by atoms with E-state index in [1.54, 1.807) is 30.8 Å². The van der Waals surface area contributed by atoms with Crippen LogP contribution >= 0.6 is 23.4 Å². The van der Waals surface area contributed by atoms with Crippen LogP contribution in [0.1, 0.15) is 50.3 Å². The van der Waals surface area contributed by atoms with Crippen molar-refractivity contribution >= 4 is 50.1 Å². The van der Waals surface area contributed by atoms with Gasteiger partial charge in [0.05, 0.1) is 10.4 Å².